The predicted octanol–water partition coefficient (Wildman–Crippen LogP) is 2.92. The van der Waals surface area contributed by atoms with Crippen LogP contribution in [0.4, 0.5) is 5.13 Å². The minimum Gasteiger partial charge on any atom is -0.459 e. The molecule has 0 N–H and O–H groups in total. The SMILES string of the molecule is CCN(C(C)=O)c1nc(COC(=O)CCc2ccc3c(c2)OCO3)cs1. The zero-order valence-corrected chi connectivity index (χ0v) is 15.5. The van der Waals surface area contributed by atoms with Gasteiger partial charge in [0.2, 0.25) is 12.7 Å². The van der Waals surface area contributed by atoms with Gasteiger partial charge in [0.15, 0.2) is 16.6 Å². The third-order valence-electron chi connectivity index (χ3n) is 3.90. The highest BCUT2D eigenvalue weighted by molar-refractivity contribution is 7.14. The molecule has 1 aliphatic heterocycles. The van der Waals surface area contributed by atoms with Gasteiger partial charge >= 0.3 is 5.97 Å². The van der Waals surface area contributed by atoms with Crippen LogP contribution in [0.3, 0.4) is 0 Å². The van der Waals surface area contributed by atoms with Crippen LogP contribution in [0.5, 0.6) is 11.5 Å². The molecule has 0 aliphatic carbocycles. The Kier molecular flexibility index (Phi) is 5.72. The van der Waals surface area contributed by atoms with Crippen LogP contribution in [0.25, 0.3) is 0 Å². The molecule has 0 radical (unpaired) electrons. The molecule has 1 aliphatic rings. The first-order valence-corrected chi connectivity index (χ1v) is 9.21. The molecule has 0 saturated carbocycles. The number of aryl methyl sites for hydroxylation is 1. The molecule has 138 valence electrons. The van der Waals surface area contributed by atoms with Gasteiger partial charge in [0.25, 0.3) is 0 Å². The third kappa shape index (κ3) is 4.32. The smallest absolute Gasteiger partial charge is 0.306 e. The van der Waals surface area contributed by atoms with Gasteiger partial charge in [-0.3, -0.25) is 14.5 Å². The van der Waals surface area contributed by atoms with E-state index in [0.717, 1.165) is 11.3 Å². The van der Waals surface area contributed by atoms with Crippen LogP contribution in [-0.4, -0.2) is 30.2 Å². The van der Waals surface area contributed by atoms with Crippen LogP contribution in [0.15, 0.2) is 23.6 Å². The highest BCUT2D eigenvalue weighted by Gasteiger charge is 2.15. The number of rotatable bonds is 7. The van der Waals surface area contributed by atoms with E-state index < -0.39 is 0 Å². The van der Waals surface area contributed by atoms with Crippen molar-refractivity contribution in [3.05, 3.63) is 34.8 Å². The molecule has 26 heavy (non-hydrogen) atoms. The highest BCUT2D eigenvalue weighted by Crippen LogP contribution is 2.32. The van der Waals surface area contributed by atoms with Crippen molar-refractivity contribution in [2.45, 2.75) is 33.3 Å². The fourth-order valence-electron chi connectivity index (χ4n) is 2.55. The second kappa shape index (κ2) is 8.18. The Balaban J connectivity index is 1.47. The number of hydrogen-bond donors (Lipinski definition) is 0. The second-order valence-electron chi connectivity index (χ2n) is 5.73. The zero-order chi connectivity index (χ0) is 18.5. The second-order valence-corrected chi connectivity index (χ2v) is 6.57. The monoisotopic (exact) mass is 376 g/mol. The number of hydrogen-bond acceptors (Lipinski definition) is 7. The number of thiazole rings is 1. The summed E-state index contributed by atoms with van der Waals surface area (Å²) in [5.74, 6) is 1.07. The number of nitrogens with zero attached hydrogens (tertiary/aromatic N) is 2. The van der Waals surface area contributed by atoms with Gasteiger partial charge in [-0.2, -0.15) is 0 Å². The van der Waals surface area contributed by atoms with E-state index in [0.29, 0.717) is 29.5 Å². The third-order valence-corrected chi connectivity index (χ3v) is 4.82. The molecule has 0 bridgehead atoms. The zero-order valence-electron chi connectivity index (χ0n) is 14.7. The topological polar surface area (TPSA) is 78.0 Å². The van der Waals surface area contributed by atoms with Crippen LogP contribution >= 0.6 is 11.3 Å². The van der Waals surface area contributed by atoms with Crippen molar-refractivity contribution in [2.24, 2.45) is 0 Å². The van der Waals surface area contributed by atoms with Gasteiger partial charge in [-0.1, -0.05) is 6.07 Å². The van der Waals surface area contributed by atoms with Crippen molar-refractivity contribution in [2.75, 3.05) is 18.2 Å². The van der Waals surface area contributed by atoms with E-state index in [9.17, 15) is 9.59 Å². The maximum Gasteiger partial charge on any atom is 0.306 e. The lowest BCUT2D eigenvalue weighted by Crippen LogP contribution is -2.27. The van der Waals surface area contributed by atoms with E-state index in [1.807, 2.05) is 25.1 Å². The van der Waals surface area contributed by atoms with Crippen LogP contribution in [0.2, 0.25) is 0 Å². The van der Waals surface area contributed by atoms with Crippen molar-refractivity contribution < 1.29 is 23.8 Å². The number of esters is 1. The molecule has 1 aromatic heterocycles. The molecule has 2 aromatic rings. The lowest BCUT2D eigenvalue weighted by atomic mass is 10.1. The fourth-order valence-corrected chi connectivity index (χ4v) is 3.47. The van der Waals surface area contributed by atoms with Gasteiger partial charge in [-0.15, -0.1) is 11.3 Å². The molecule has 1 amide bonds. The molecule has 0 fully saturated rings. The molecule has 7 nitrogen and oxygen atoms in total. The summed E-state index contributed by atoms with van der Waals surface area (Å²) in [6, 6.07) is 5.63. The van der Waals surface area contributed by atoms with Crippen LogP contribution in [0, 0.1) is 0 Å². The Bertz CT molecular complexity index is 805. The predicted molar refractivity (Wildman–Crippen MR) is 96.5 cm³/mol. The summed E-state index contributed by atoms with van der Waals surface area (Å²) in [5.41, 5.74) is 1.63. The summed E-state index contributed by atoms with van der Waals surface area (Å²) < 4.78 is 15.9. The maximum absolute atomic E-state index is 12.0. The van der Waals surface area contributed by atoms with Crippen LogP contribution in [-0.2, 0) is 27.4 Å². The van der Waals surface area contributed by atoms with E-state index in [1.165, 1.54) is 18.3 Å². The molecule has 3 rings (SSSR count). The number of amides is 1. The van der Waals surface area contributed by atoms with Crippen LogP contribution in [0.1, 0.15) is 31.5 Å². The first kappa shape index (κ1) is 18.2. The quantitative estimate of drug-likeness (QED) is 0.692. The molecule has 0 atom stereocenters. The molecule has 0 spiro atoms. The van der Waals surface area contributed by atoms with E-state index in [4.69, 9.17) is 14.2 Å². The van der Waals surface area contributed by atoms with Crippen molar-refractivity contribution in [3.8, 4) is 11.5 Å². The molecular weight excluding hydrogens is 356 g/mol. The molecule has 1 aromatic carbocycles. The standard InChI is InChI=1S/C18H20N2O5S/c1-3-20(12(2)21)18-19-14(10-26-18)9-23-17(22)7-5-13-4-6-15-16(8-13)25-11-24-15/h4,6,8,10H,3,5,7,9,11H2,1-2H3. The van der Waals surface area contributed by atoms with Crippen molar-refractivity contribution in [1.29, 1.82) is 0 Å². The van der Waals surface area contributed by atoms with Gasteiger partial charge in [0, 0.05) is 25.3 Å². The van der Waals surface area contributed by atoms with E-state index in [1.54, 1.807) is 10.3 Å². The molecule has 2 heterocycles. The Morgan fingerprint density at radius 2 is 2.12 bits per heavy atom. The fraction of sp³-hybridized carbons (Fsp3) is 0.389. The van der Waals surface area contributed by atoms with E-state index >= 15 is 0 Å². The van der Waals surface area contributed by atoms with Gasteiger partial charge in [-0.25, -0.2) is 4.98 Å². The maximum atomic E-state index is 12.0. The van der Waals surface area contributed by atoms with Crippen LogP contribution < -0.4 is 14.4 Å². The largest absolute Gasteiger partial charge is 0.459 e. The number of carbonyl (C=O) groups excluding carboxylic acids is 2. The first-order valence-electron chi connectivity index (χ1n) is 8.33. The normalized spacial score (nSPS) is 12.1. The number of aromatic nitrogens is 1. The minimum absolute atomic E-state index is 0.0610. The molecule has 0 saturated heterocycles. The number of ether oxygens (including phenoxy) is 3. The number of anilines is 1. The summed E-state index contributed by atoms with van der Waals surface area (Å²) in [6.07, 6.45) is 0.830. The Morgan fingerprint density at radius 3 is 2.88 bits per heavy atom. The summed E-state index contributed by atoms with van der Waals surface area (Å²) in [4.78, 5) is 29.4. The summed E-state index contributed by atoms with van der Waals surface area (Å²) >= 11 is 1.36. The van der Waals surface area contributed by atoms with Gasteiger partial charge < -0.3 is 14.2 Å². The Hall–Kier alpha value is -2.61. The summed E-state index contributed by atoms with van der Waals surface area (Å²) in [7, 11) is 0. The van der Waals surface area contributed by atoms with Gasteiger partial charge in [0.05, 0.1) is 5.69 Å². The van der Waals surface area contributed by atoms with Gasteiger partial charge in [0.1, 0.15) is 6.61 Å². The van der Waals surface area contributed by atoms with Crippen molar-refractivity contribution in [3.63, 3.8) is 0 Å². The first-order chi connectivity index (χ1) is 12.6. The number of carbonyl (C=O) groups is 2. The van der Waals surface area contributed by atoms with Crippen molar-refractivity contribution >= 4 is 28.3 Å². The average molecular weight is 376 g/mol. The highest BCUT2D eigenvalue weighted by atomic mass is 32.1. The van der Waals surface area contributed by atoms with Gasteiger partial charge in [-0.05, 0) is 31.0 Å². The Morgan fingerprint density at radius 1 is 1.31 bits per heavy atom. The summed E-state index contributed by atoms with van der Waals surface area (Å²) in [5, 5.41) is 2.41. The lowest BCUT2D eigenvalue weighted by molar-refractivity contribution is -0.145. The number of benzene rings is 1. The molecule has 8 heteroatoms. The summed E-state index contributed by atoms with van der Waals surface area (Å²) in [6.45, 7) is 4.28. The molecular formula is C18H20N2O5S. The van der Waals surface area contributed by atoms with E-state index in [2.05, 4.69) is 4.98 Å². The van der Waals surface area contributed by atoms with E-state index in [-0.39, 0.29) is 31.7 Å². The minimum atomic E-state index is -0.295. The lowest BCUT2D eigenvalue weighted by Gasteiger charge is -2.14. The van der Waals surface area contributed by atoms with Crippen molar-refractivity contribution in [1.82, 2.24) is 4.98 Å². The molecule has 0 unspecified atom stereocenters. The Labute approximate surface area is 155 Å². The number of fused-ring (bicyclic) bond motifs is 1. The average Bonchev–Trinajstić information content (AvgIpc) is 3.27.